The number of thiazole rings is 1. The highest BCUT2D eigenvalue weighted by molar-refractivity contribution is 7.18. The van der Waals surface area contributed by atoms with Gasteiger partial charge in [0, 0.05) is 37.8 Å². The Bertz CT molecular complexity index is 806. The Morgan fingerprint density at radius 3 is 2.88 bits per heavy atom. The Kier molecular flexibility index (Phi) is 4.21. The molecular formula is C19H21N3OS. The number of benzene rings is 1. The number of aromatic nitrogens is 2. The Labute approximate surface area is 146 Å². The van der Waals surface area contributed by atoms with Gasteiger partial charge in [-0.1, -0.05) is 12.1 Å². The molecule has 1 aliphatic rings. The maximum absolute atomic E-state index is 5.75. The molecule has 0 aliphatic carbocycles. The second-order valence-corrected chi connectivity index (χ2v) is 7.62. The number of nitrogens with zero attached hydrogens (tertiary/aromatic N) is 3. The largest absolute Gasteiger partial charge is 0.491 e. The zero-order valence-electron chi connectivity index (χ0n) is 14.0. The first kappa shape index (κ1) is 15.5. The van der Waals surface area contributed by atoms with E-state index in [1.807, 2.05) is 43.5 Å². The van der Waals surface area contributed by atoms with Gasteiger partial charge < -0.3 is 4.74 Å². The minimum atomic E-state index is 0.188. The van der Waals surface area contributed by atoms with Crippen LogP contribution in [-0.2, 0) is 6.54 Å². The normalized spacial score (nSPS) is 15.8. The molecule has 0 saturated carbocycles. The standard InChI is InChI=1S/C19H21N3OS/c1-13(2)23-16-7-8-20-15(9-16)12-22-10-14(11-22)19-21-17-5-3-4-6-18(17)24-19/h3-9,13-14H,10-12H2,1-2H3. The summed E-state index contributed by atoms with van der Waals surface area (Å²) in [4.78, 5) is 11.7. The third-order valence-electron chi connectivity index (χ3n) is 4.16. The molecule has 124 valence electrons. The molecule has 1 aromatic carbocycles. The Morgan fingerprint density at radius 1 is 1.25 bits per heavy atom. The van der Waals surface area contributed by atoms with E-state index < -0.39 is 0 Å². The third-order valence-corrected chi connectivity index (χ3v) is 5.36. The van der Waals surface area contributed by atoms with E-state index in [1.165, 1.54) is 9.71 Å². The van der Waals surface area contributed by atoms with Crippen molar-refractivity contribution in [3.05, 3.63) is 53.3 Å². The van der Waals surface area contributed by atoms with E-state index in [0.717, 1.165) is 36.6 Å². The van der Waals surface area contributed by atoms with Gasteiger partial charge in [0.1, 0.15) is 5.75 Å². The van der Waals surface area contributed by atoms with Crippen molar-refractivity contribution < 1.29 is 4.74 Å². The van der Waals surface area contributed by atoms with Gasteiger partial charge in [0.25, 0.3) is 0 Å². The molecule has 0 amide bonds. The van der Waals surface area contributed by atoms with Gasteiger partial charge in [-0.2, -0.15) is 0 Å². The lowest BCUT2D eigenvalue weighted by Gasteiger charge is -2.37. The van der Waals surface area contributed by atoms with Crippen LogP contribution in [0.1, 0.15) is 30.5 Å². The van der Waals surface area contributed by atoms with Crippen molar-refractivity contribution >= 4 is 21.6 Å². The van der Waals surface area contributed by atoms with Gasteiger partial charge in [-0.15, -0.1) is 11.3 Å². The quantitative estimate of drug-likeness (QED) is 0.702. The molecule has 3 heterocycles. The van der Waals surface area contributed by atoms with Gasteiger partial charge in [-0.3, -0.25) is 9.88 Å². The zero-order chi connectivity index (χ0) is 16.5. The fourth-order valence-corrected chi connectivity index (χ4v) is 4.09. The van der Waals surface area contributed by atoms with Crippen molar-refractivity contribution in [1.82, 2.24) is 14.9 Å². The maximum Gasteiger partial charge on any atom is 0.123 e. The SMILES string of the molecule is CC(C)Oc1ccnc(CN2CC(c3nc4ccccc4s3)C2)c1. The molecule has 1 aliphatic heterocycles. The summed E-state index contributed by atoms with van der Waals surface area (Å²) in [6.07, 6.45) is 2.02. The molecule has 0 spiro atoms. The minimum Gasteiger partial charge on any atom is -0.491 e. The molecule has 0 bridgehead atoms. The number of rotatable bonds is 5. The highest BCUT2D eigenvalue weighted by atomic mass is 32.1. The molecule has 3 aromatic rings. The molecule has 0 atom stereocenters. The fourth-order valence-electron chi connectivity index (χ4n) is 3.04. The van der Waals surface area contributed by atoms with E-state index in [1.54, 1.807) is 0 Å². The molecule has 1 fully saturated rings. The van der Waals surface area contributed by atoms with Crippen LogP contribution in [0.2, 0.25) is 0 Å². The molecule has 4 rings (SSSR count). The number of hydrogen-bond acceptors (Lipinski definition) is 5. The second-order valence-electron chi connectivity index (χ2n) is 6.56. The van der Waals surface area contributed by atoms with Crippen LogP contribution in [0.25, 0.3) is 10.2 Å². The predicted octanol–water partition coefficient (Wildman–Crippen LogP) is 4.08. The van der Waals surface area contributed by atoms with Gasteiger partial charge in [0.2, 0.25) is 0 Å². The molecule has 24 heavy (non-hydrogen) atoms. The summed E-state index contributed by atoms with van der Waals surface area (Å²) in [6, 6.07) is 12.3. The summed E-state index contributed by atoms with van der Waals surface area (Å²) in [5, 5.41) is 1.26. The number of pyridine rings is 1. The van der Waals surface area contributed by atoms with Crippen molar-refractivity contribution in [2.45, 2.75) is 32.4 Å². The summed E-state index contributed by atoms with van der Waals surface area (Å²) in [7, 11) is 0. The van der Waals surface area contributed by atoms with Crippen molar-refractivity contribution in [1.29, 1.82) is 0 Å². The minimum absolute atomic E-state index is 0.188. The van der Waals surface area contributed by atoms with E-state index in [9.17, 15) is 0 Å². The summed E-state index contributed by atoms with van der Waals surface area (Å²) < 4.78 is 7.03. The lowest BCUT2D eigenvalue weighted by Crippen LogP contribution is -2.44. The first-order valence-corrected chi connectivity index (χ1v) is 9.18. The first-order chi connectivity index (χ1) is 11.7. The van der Waals surface area contributed by atoms with Crippen LogP contribution in [-0.4, -0.2) is 34.1 Å². The van der Waals surface area contributed by atoms with Crippen molar-refractivity contribution in [2.24, 2.45) is 0 Å². The summed E-state index contributed by atoms with van der Waals surface area (Å²) in [5.74, 6) is 1.45. The van der Waals surface area contributed by atoms with Crippen molar-refractivity contribution in [2.75, 3.05) is 13.1 Å². The van der Waals surface area contributed by atoms with Gasteiger partial charge in [-0.05, 0) is 32.0 Å². The van der Waals surface area contributed by atoms with Crippen LogP contribution in [0.15, 0.2) is 42.6 Å². The van der Waals surface area contributed by atoms with E-state index in [2.05, 4.69) is 34.1 Å². The number of para-hydroxylation sites is 1. The first-order valence-electron chi connectivity index (χ1n) is 8.37. The van der Waals surface area contributed by atoms with Gasteiger partial charge in [-0.25, -0.2) is 4.98 Å². The van der Waals surface area contributed by atoms with E-state index >= 15 is 0 Å². The number of likely N-dealkylation sites (tertiary alicyclic amines) is 1. The third kappa shape index (κ3) is 3.28. The second kappa shape index (κ2) is 6.49. The predicted molar refractivity (Wildman–Crippen MR) is 97.6 cm³/mol. The fraction of sp³-hybridized carbons (Fsp3) is 0.368. The summed E-state index contributed by atoms with van der Waals surface area (Å²) >= 11 is 1.83. The topological polar surface area (TPSA) is 38.2 Å². The average Bonchev–Trinajstić information content (AvgIpc) is 2.93. The maximum atomic E-state index is 5.75. The number of fused-ring (bicyclic) bond motifs is 1. The molecular weight excluding hydrogens is 318 g/mol. The summed E-state index contributed by atoms with van der Waals surface area (Å²) in [5.41, 5.74) is 2.19. The monoisotopic (exact) mass is 339 g/mol. The van der Waals surface area contributed by atoms with Crippen LogP contribution in [0.5, 0.6) is 5.75 Å². The number of hydrogen-bond donors (Lipinski definition) is 0. The highest BCUT2D eigenvalue weighted by Gasteiger charge is 2.30. The molecule has 0 unspecified atom stereocenters. The molecule has 0 N–H and O–H groups in total. The highest BCUT2D eigenvalue weighted by Crippen LogP contribution is 2.33. The molecule has 1 saturated heterocycles. The van der Waals surface area contributed by atoms with Crippen molar-refractivity contribution in [3.63, 3.8) is 0 Å². The van der Waals surface area contributed by atoms with Crippen molar-refractivity contribution in [3.8, 4) is 5.75 Å². The molecule has 2 aromatic heterocycles. The zero-order valence-corrected chi connectivity index (χ0v) is 14.8. The molecule has 4 nitrogen and oxygen atoms in total. The van der Waals surface area contributed by atoms with Crippen LogP contribution >= 0.6 is 11.3 Å². The number of ether oxygens (including phenoxy) is 1. The molecule has 5 heteroatoms. The Hall–Kier alpha value is -1.98. The van der Waals surface area contributed by atoms with Crippen LogP contribution < -0.4 is 4.74 Å². The smallest absolute Gasteiger partial charge is 0.123 e. The molecule has 0 radical (unpaired) electrons. The average molecular weight is 339 g/mol. The van der Waals surface area contributed by atoms with Crippen LogP contribution in [0.3, 0.4) is 0 Å². The van der Waals surface area contributed by atoms with Crippen LogP contribution in [0.4, 0.5) is 0 Å². The van der Waals surface area contributed by atoms with Gasteiger partial charge in [0.05, 0.1) is 27.0 Å². The van der Waals surface area contributed by atoms with Gasteiger partial charge in [0.15, 0.2) is 0 Å². The van der Waals surface area contributed by atoms with Crippen LogP contribution in [0, 0.1) is 0 Å². The van der Waals surface area contributed by atoms with E-state index in [0.29, 0.717) is 5.92 Å². The Morgan fingerprint density at radius 2 is 2.08 bits per heavy atom. The lowest BCUT2D eigenvalue weighted by atomic mass is 10.0. The Balaban J connectivity index is 1.37. The van der Waals surface area contributed by atoms with E-state index in [-0.39, 0.29) is 6.10 Å². The summed E-state index contributed by atoms with van der Waals surface area (Å²) in [6.45, 7) is 7.06. The van der Waals surface area contributed by atoms with Gasteiger partial charge >= 0.3 is 0 Å². The van der Waals surface area contributed by atoms with E-state index in [4.69, 9.17) is 9.72 Å². The lowest BCUT2D eigenvalue weighted by molar-refractivity contribution is 0.137.